The van der Waals surface area contributed by atoms with Crippen LogP contribution in [0.5, 0.6) is 0 Å². The standard InChI is InChI=1S/C22H28BrN5O2S/c23-14-1-3-16(4-2-14)27-12-18-11-17(27)13-28(18)22-25-19-7-10-31(29)20(19)21(26-22)24-15-5-8-30-9-6-15/h1,3,15,17-18H,2,4-13H2,(H,24,25,26)/t17-,18?,31?/m1/s1. The van der Waals surface area contributed by atoms with Crippen LogP contribution < -0.4 is 10.2 Å². The van der Waals surface area contributed by atoms with Crippen molar-refractivity contribution in [2.75, 3.05) is 42.3 Å². The summed E-state index contributed by atoms with van der Waals surface area (Å²) < 4.78 is 19.4. The molecule has 4 aliphatic heterocycles. The number of nitrogens with zero attached hydrogens (tertiary/aromatic N) is 4. The first-order valence-corrected chi connectivity index (χ1v) is 13.5. The Kier molecular flexibility index (Phi) is 5.31. The van der Waals surface area contributed by atoms with E-state index < -0.39 is 10.8 Å². The van der Waals surface area contributed by atoms with Gasteiger partial charge in [-0.2, -0.15) is 4.98 Å². The molecule has 0 aromatic carbocycles. The molecule has 9 heteroatoms. The van der Waals surface area contributed by atoms with Crippen LogP contribution in [0.2, 0.25) is 0 Å². The van der Waals surface area contributed by atoms with E-state index in [2.05, 4.69) is 43.2 Å². The van der Waals surface area contributed by atoms with E-state index >= 15 is 0 Å². The van der Waals surface area contributed by atoms with Crippen molar-refractivity contribution in [3.8, 4) is 0 Å². The number of piperazine rings is 1. The third-order valence-corrected chi connectivity index (χ3v) is 9.30. The van der Waals surface area contributed by atoms with E-state index in [9.17, 15) is 4.21 Å². The number of aromatic nitrogens is 2. The maximum atomic E-state index is 12.7. The van der Waals surface area contributed by atoms with Gasteiger partial charge in [-0.05, 0) is 42.7 Å². The molecule has 1 N–H and O–H groups in total. The molecule has 1 aromatic heterocycles. The van der Waals surface area contributed by atoms with Crippen molar-refractivity contribution in [1.29, 1.82) is 0 Å². The molecule has 3 fully saturated rings. The van der Waals surface area contributed by atoms with Crippen molar-refractivity contribution in [3.05, 3.63) is 28.0 Å². The van der Waals surface area contributed by atoms with Crippen LogP contribution in [0, 0.1) is 0 Å². The van der Waals surface area contributed by atoms with E-state index in [1.54, 1.807) is 0 Å². The Hall–Kier alpha value is -1.45. The predicted molar refractivity (Wildman–Crippen MR) is 125 cm³/mol. The third-order valence-electron chi connectivity index (χ3n) is 7.18. The summed E-state index contributed by atoms with van der Waals surface area (Å²) in [5.74, 6) is 2.28. The zero-order valence-corrected chi connectivity index (χ0v) is 20.0. The number of aryl methyl sites for hydroxylation is 1. The van der Waals surface area contributed by atoms with E-state index in [0.717, 1.165) is 87.2 Å². The Balaban J connectivity index is 1.24. The molecule has 3 atom stereocenters. The molecule has 5 heterocycles. The van der Waals surface area contributed by atoms with Gasteiger partial charge in [0, 0.05) is 56.3 Å². The number of likely N-dealkylation sites (tertiary alicyclic amines) is 1. The molecular weight excluding hydrogens is 478 g/mol. The normalized spacial score (nSPS) is 30.4. The van der Waals surface area contributed by atoms with E-state index in [4.69, 9.17) is 14.7 Å². The number of ether oxygens (including phenoxy) is 1. The van der Waals surface area contributed by atoms with Crippen LogP contribution in [0.3, 0.4) is 0 Å². The van der Waals surface area contributed by atoms with Gasteiger partial charge in [-0.15, -0.1) is 0 Å². The average molecular weight is 506 g/mol. The smallest absolute Gasteiger partial charge is 0.227 e. The molecule has 1 aliphatic carbocycles. The largest absolute Gasteiger partial charge is 0.381 e. The monoisotopic (exact) mass is 505 g/mol. The van der Waals surface area contributed by atoms with Crippen molar-refractivity contribution in [3.63, 3.8) is 0 Å². The molecule has 3 saturated heterocycles. The Labute approximate surface area is 193 Å². The SMILES string of the molecule is O=S1CCc2nc(N3C[C@H]4CC3CN4C3=CC=C(Br)CC3)nc(NC3CCOCC3)c21. The number of fused-ring (bicyclic) bond motifs is 3. The number of rotatable bonds is 4. The Bertz CT molecular complexity index is 977. The van der Waals surface area contributed by atoms with Gasteiger partial charge in [-0.1, -0.05) is 22.0 Å². The van der Waals surface area contributed by atoms with Gasteiger partial charge < -0.3 is 19.9 Å². The highest BCUT2D eigenvalue weighted by Crippen LogP contribution is 2.39. The second-order valence-electron chi connectivity index (χ2n) is 9.10. The summed E-state index contributed by atoms with van der Waals surface area (Å²) in [5, 5.41) is 3.60. The number of hydrogen-bond donors (Lipinski definition) is 1. The molecule has 31 heavy (non-hydrogen) atoms. The summed E-state index contributed by atoms with van der Waals surface area (Å²) >= 11 is 3.61. The number of anilines is 2. The lowest BCUT2D eigenvalue weighted by atomic mass is 10.1. The zero-order valence-electron chi connectivity index (χ0n) is 17.6. The van der Waals surface area contributed by atoms with Crippen LogP contribution >= 0.6 is 15.9 Å². The Morgan fingerprint density at radius 2 is 1.87 bits per heavy atom. The zero-order chi connectivity index (χ0) is 20.9. The molecule has 0 radical (unpaired) electrons. The Morgan fingerprint density at radius 3 is 2.61 bits per heavy atom. The van der Waals surface area contributed by atoms with Crippen LogP contribution in [0.25, 0.3) is 0 Å². The number of allylic oxidation sites excluding steroid dienone is 4. The molecule has 166 valence electrons. The average Bonchev–Trinajstić information content (AvgIpc) is 3.49. The second-order valence-corrected chi connectivity index (χ2v) is 11.6. The summed E-state index contributed by atoms with van der Waals surface area (Å²) in [6, 6.07) is 1.30. The van der Waals surface area contributed by atoms with Gasteiger partial charge >= 0.3 is 0 Å². The molecule has 0 amide bonds. The van der Waals surface area contributed by atoms with Crippen LogP contribution in [-0.4, -0.2) is 69.3 Å². The summed E-state index contributed by atoms with van der Waals surface area (Å²) in [4.78, 5) is 15.7. The molecule has 0 spiro atoms. The van der Waals surface area contributed by atoms with Crippen molar-refractivity contribution < 1.29 is 8.95 Å². The first-order valence-electron chi connectivity index (χ1n) is 11.4. The van der Waals surface area contributed by atoms with Crippen LogP contribution in [-0.2, 0) is 22.0 Å². The molecule has 1 aromatic rings. The second kappa shape index (κ2) is 8.15. The molecule has 5 aliphatic rings. The molecule has 2 unspecified atom stereocenters. The fourth-order valence-electron chi connectivity index (χ4n) is 5.55. The number of halogens is 1. The maximum Gasteiger partial charge on any atom is 0.227 e. The van der Waals surface area contributed by atoms with Crippen LogP contribution in [0.4, 0.5) is 11.8 Å². The van der Waals surface area contributed by atoms with E-state index in [-0.39, 0.29) is 0 Å². The fraction of sp³-hybridized carbons (Fsp3) is 0.636. The van der Waals surface area contributed by atoms with Gasteiger partial charge in [0.2, 0.25) is 5.95 Å². The highest BCUT2D eigenvalue weighted by molar-refractivity contribution is 9.11. The molecule has 7 nitrogen and oxygen atoms in total. The van der Waals surface area contributed by atoms with Crippen molar-refractivity contribution in [2.45, 2.75) is 61.5 Å². The van der Waals surface area contributed by atoms with Crippen LogP contribution in [0.1, 0.15) is 37.8 Å². The van der Waals surface area contributed by atoms with Gasteiger partial charge in [0.15, 0.2) is 0 Å². The lowest BCUT2D eigenvalue weighted by molar-refractivity contribution is 0.0903. The molecule has 6 rings (SSSR count). The van der Waals surface area contributed by atoms with Gasteiger partial charge in [0.1, 0.15) is 10.7 Å². The molecular formula is C22H28BrN5O2S. The van der Waals surface area contributed by atoms with Gasteiger partial charge in [0.25, 0.3) is 0 Å². The minimum absolute atomic E-state index is 0.328. The van der Waals surface area contributed by atoms with Gasteiger partial charge in [-0.3, -0.25) is 4.21 Å². The third kappa shape index (κ3) is 3.72. The van der Waals surface area contributed by atoms with Gasteiger partial charge in [-0.25, -0.2) is 4.98 Å². The van der Waals surface area contributed by atoms with Crippen molar-refractivity contribution in [1.82, 2.24) is 14.9 Å². The summed E-state index contributed by atoms with van der Waals surface area (Å²) in [7, 11) is -1.000. The minimum atomic E-state index is -1.000. The highest BCUT2D eigenvalue weighted by atomic mass is 79.9. The minimum Gasteiger partial charge on any atom is -0.381 e. The predicted octanol–water partition coefficient (Wildman–Crippen LogP) is 2.95. The fourth-order valence-corrected chi connectivity index (χ4v) is 7.19. The maximum absolute atomic E-state index is 12.7. The molecule has 0 saturated carbocycles. The van der Waals surface area contributed by atoms with Crippen LogP contribution in [0.15, 0.2) is 27.2 Å². The number of hydrogen-bond acceptors (Lipinski definition) is 7. The quantitative estimate of drug-likeness (QED) is 0.674. The van der Waals surface area contributed by atoms with Gasteiger partial charge in [0.05, 0.1) is 22.5 Å². The molecule has 2 bridgehead atoms. The van der Waals surface area contributed by atoms with E-state index in [1.807, 2.05) is 0 Å². The first-order chi connectivity index (χ1) is 15.2. The first kappa shape index (κ1) is 20.2. The topological polar surface area (TPSA) is 70.6 Å². The van der Waals surface area contributed by atoms with Crippen molar-refractivity contribution >= 4 is 38.5 Å². The van der Waals surface area contributed by atoms with E-state index in [0.29, 0.717) is 23.9 Å². The Morgan fingerprint density at radius 1 is 1.06 bits per heavy atom. The lowest BCUT2D eigenvalue weighted by Gasteiger charge is -2.37. The summed E-state index contributed by atoms with van der Waals surface area (Å²) in [5.41, 5.74) is 2.44. The highest BCUT2D eigenvalue weighted by Gasteiger charge is 2.45. The van der Waals surface area contributed by atoms with E-state index in [1.165, 1.54) is 10.2 Å². The summed E-state index contributed by atoms with van der Waals surface area (Å²) in [6.45, 7) is 3.55. The lowest BCUT2D eigenvalue weighted by Crippen LogP contribution is -2.46. The summed E-state index contributed by atoms with van der Waals surface area (Å²) in [6.07, 6.45) is 10.5. The number of nitrogens with one attached hydrogen (secondary N) is 1. The van der Waals surface area contributed by atoms with Crippen molar-refractivity contribution in [2.24, 2.45) is 0 Å².